The Morgan fingerprint density at radius 2 is 1.61 bits per heavy atom. The molecule has 0 aliphatic carbocycles. The minimum absolute atomic E-state index is 0.172. The van der Waals surface area contributed by atoms with Crippen LogP contribution in [0.4, 0.5) is 4.39 Å². The Kier molecular flexibility index (Phi) is 6.76. The summed E-state index contributed by atoms with van der Waals surface area (Å²) in [6, 6.07) is 23.3. The molecular formula is C23H23FN2O2. The third-order valence-electron chi connectivity index (χ3n) is 4.45. The van der Waals surface area contributed by atoms with Crippen LogP contribution in [0.25, 0.3) is 0 Å². The fraction of sp³-hybridized carbons (Fsp3) is 0.174. The number of benzene rings is 3. The molecule has 5 heteroatoms. The van der Waals surface area contributed by atoms with E-state index in [1.54, 1.807) is 18.2 Å². The van der Waals surface area contributed by atoms with Gasteiger partial charge in [0.15, 0.2) is 0 Å². The zero-order valence-corrected chi connectivity index (χ0v) is 15.5. The molecule has 3 aromatic rings. The number of carbonyl (C=O) groups excluding carboxylic acids is 1. The third-order valence-corrected chi connectivity index (χ3v) is 4.45. The van der Waals surface area contributed by atoms with Crippen LogP contribution in [0.15, 0.2) is 78.9 Å². The maximum absolute atomic E-state index is 13.6. The van der Waals surface area contributed by atoms with Crippen molar-refractivity contribution in [3.05, 3.63) is 101 Å². The van der Waals surface area contributed by atoms with Crippen molar-refractivity contribution in [3.63, 3.8) is 0 Å². The second-order valence-corrected chi connectivity index (χ2v) is 6.55. The van der Waals surface area contributed by atoms with Crippen molar-refractivity contribution in [3.8, 4) is 5.75 Å². The molecule has 144 valence electrons. The quantitative estimate of drug-likeness (QED) is 0.598. The summed E-state index contributed by atoms with van der Waals surface area (Å²) >= 11 is 0. The van der Waals surface area contributed by atoms with Gasteiger partial charge in [0.05, 0.1) is 6.04 Å². The summed E-state index contributed by atoms with van der Waals surface area (Å²) in [5.74, 6) is -0.00401. The lowest BCUT2D eigenvalue weighted by atomic mass is 10.1. The number of halogens is 1. The molecule has 28 heavy (non-hydrogen) atoms. The highest BCUT2D eigenvalue weighted by molar-refractivity contribution is 5.80. The monoisotopic (exact) mass is 378 g/mol. The van der Waals surface area contributed by atoms with E-state index >= 15 is 0 Å². The molecule has 0 aliphatic heterocycles. The lowest BCUT2D eigenvalue weighted by molar-refractivity contribution is -0.120. The second-order valence-electron chi connectivity index (χ2n) is 6.55. The van der Waals surface area contributed by atoms with E-state index in [2.05, 4.69) is 5.32 Å². The smallest absolute Gasteiger partial charge is 0.234 e. The molecule has 4 nitrogen and oxygen atoms in total. The summed E-state index contributed by atoms with van der Waals surface area (Å²) < 4.78 is 19.3. The number of nitrogens with one attached hydrogen (secondary N) is 1. The predicted molar refractivity (Wildman–Crippen MR) is 107 cm³/mol. The Morgan fingerprint density at radius 1 is 0.929 bits per heavy atom. The third kappa shape index (κ3) is 5.66. The highest BCUT2D eigenvalue weighted by Crippen LogP contribution is 2.16. The zero-order valence-electron chi connectivity index (χ0n) is 15.5. The van der Waals surface area contributed by atoms with E-state index in [0.29, 0.717) is 24.3 Å². The standard InChI is InChI=1S/C23H23FN2O2/c24-21-9-5-4-8-19(21)16-28-20-12-10-18(11-13-20)15-26-22(23(25)27)14-17-6-2-1-3-7-17/h1-13,22,26H,14-16H2,(H2,25,27)/t22-/m0/s1. The lowest BCUT2D eigenvalue weighted by Crippen LogP contribution is -2.42. The summed E-state index contributed by atoms with van der Waals surface area (Å²) in [4.78, 5) is 11.7. The van der Waals surface area contributed by atoms with Crippen molar-refractivity contribution < 1.29 is 13.9 Å². The first-order chi connectivity index (χ1) is 13.6. The molecule has 3 N–H and O–H groups in total. The number of carbonyl (C=O) groups is 1. The van der Waals surface area contributed by atoms with Crippen LogP contribution >= 0.6 is 0 Å². The topological polar surface area (TPSA) is 64.4 Å². The minimum atomic E-state index is -0.445. The van der Waals surface area contributed by atoms with E-state index in [9.17, 15) is 9.18 Å². The van der Waals surface area contributed by atoms with E-state index < -0.39 is 6.04 Å². The fourth-order valence-corrected chi connectivity index (χ4v) is 2.84. The Hall–Kier alpha value is -3.18. The first kappa shape index (κ1) is 19.6. The summed E-state index contributed by atoms with van der Waals surface area (Å²) in [6.07, 6.45) is 0.542. The molecule has 1 atom stereocenters. The summed E-state index contributed by atoms with van der Waals surface area (Å²) in [5.41, 5.74) is 8.09. The van der Waals surface area contributed by atoms with Gasteiger partial charge in [-0.3, -0.25) is 4.79 Å². The van der Waals surface area contributed by atoms with E-state index in [1.165, 1.54) is 6.07 Å². The number of amides is 1. The van der Waals surface area contributed by atoms with Gasteiger partial charge in [0.1, 0.15) is 18.2 Å². The molecule has 0 bridgehead atoms. The first-order valence-corrected chi connectivity index (χ1v) is 9.13. The SMILES string of the molecule is NC(=O)[C@H](Cc1ccccc1)NCc1ccc(OCc2ccccc2F)cc1. The van der Waals surface area contributed by atoms with Crippen LogP contribution in [0.3, 0.4) is 0 Å². The average Bonchev–Trinajstić information content (AvgIpc) is 2.72. The molecule has 0 unspecified atom stereocenters. The van der Waals surface area contributed by atoms with Crippen LogP contribution < -0.4 is 15.8 Å². The summed E-state index contributed by atoms with van der Waals surface area (Å²) in [6.45, 7) is 0.680. The van der Waals surface area contributed by atoms with E-state index in [4.69, 9.17) is 10.5 Å². The largest absolute Gasteiger partial charge is 0.489 e. The maximum atomic E-state index is 13.6. The van der Waals surface area contributed by atoms with Gasteiger partial charge >= 0.3 is 0 Å². The van der Waals surface area contributed by atoms with E-state index in [-0.39, 0.29) is 18.3 Å². The Bertz CT molecular complexity index is 898. The molecule has 0 aliphatic rings. The number of hydrogen-bond donors (Lipinski definition) is 2. The number of rotatable bonds is 9. The van der Waals surface area contributed by atoms with Gasteiger partial charge < -0.3 is 15.8 Å². The normalized spacial score (nSPS) is 11.8. The van der Waals surface area contributed by atoms with Crippen molar-refractivity contribution in [2.24, 2.45) is 5.73 Å². The van der Waals surface area contributed by atoms with Crippen molar-refractivity contribution >= 4 is 5.91 Å². The molecular weight excluding hydrogens is 355 g/mol. The van der Waals surface area contributed by atoms with Crippen molar-refractivity contribution in [2.75, 3.05) is 0 Å². The van der Waals surface area contributed by atoms with Gasteiger partial charge in [-0.25, -0.2) is 4.39 Å². The number of nitrogens with two attached hydrogens (primary N) is 1. The van der Waals surface area contributed by atoms with Gasteiger partial charge in [-0.15, -0.1) is 0 Å². The maximum Gasteiger partial charge on any atom is 0.234 e. The van der Waals surface area contributed by atoms with Gasteiger partial charge in [-0.1, -0.05) is 60.7 Å². The minimum Gasteiger partial charge on any atom is -0.489 e. The summed E-state index contributed by atoms with van der Waals surface area (Å²) in [7, 11) is 0. The van der Waals surface area contributed by atoms with Crippen LogP contribution in [0, 0.1) is 5.82 Å². The van der Waals surface area contributed by atoms with Gasteiger partial charge in [0.25, 0.3) is 0 Å². The van der Waals surface area contributed by atoms with Crippen LogP contribution in [0.1, 0.15) is 16.7 Å². The Morgan fingerprint density at radius 3 is 2.29 bits per heavy atom. The van der Waals surface area contributed by atoms with Gasteiger partial charge in [-0.05, 0) is 35.7 Å². The molecule has 0 spiro atoms. The molecule has 0 saturated carbocycles. The first-order valence-electron chi connectivity index (χ1n) is 9.13. The fourth-order valence-electron chi connectivity index (χ4n) is 2.84. The highest BCUT2D eigenvalue weighted by atomic mass is 19.1. The molecule has 1 amide bonds. The predicted octanol–water partition coefficient (Wildman–Crippen LogP) is 3.59. The molecule has 0 fully saturated rings. The van der Waals surface area contributed by atoms with Crippen molar-refractivity contribution in [1.82, 2.24) is 5.32 Å². The van der Waals surface area contributed by atoms with Crippen molar-refractivity contribution in [1.29, 1.82) is 0 Å². The molecule has 0 saturated heterocycles. The summed E-state index contributed by atoms with van der Waals surface area (Å²) in [5, 5.41) is 3.20. The zero-order chi connectivity index (χ0) is 19.8. The van der Waals surface area contributed by atoms with Crippen molar-refractivity contribution in [2.45, 2.75) is 25.6 Å². The van der Waals surface area contributed by atoms with Gasteiger partial charge in [0.2, 0.25) is 5.91 Å². The average molecular weight is 378 g/mol. The van der Waals surface area contributed by atoms with Gasteiger partial charge in [-0.2, -0.15) is 0 Å². The van der Waals surface area contributed by atoms with Crippen LogP contribution in [-0.2, 0) is 24.4 Å². The van der Waals surface area contributed by atoms with E-state index in [0.717, 1.165) is 11.1 Å². The number of primary amides is 1. The molecule has 0 heterocycles. The van der Waals surface area contributed by atoms with Crippen LogP contribution in [0.5, 0.6) is 5.75 Å². The highest BCUT2D eigenvalue weighted by Gasteiger charge is 2.15. The number of ether oxygens (including phenoxy) is 1. The molecule has 0 aromatic heterocycles. The van der Waals surface area contributed by atoms with Crippen LogP contribution in [-0.4, -0.2) is 11.9 Å². The Labute approximate surface area is 164 Å². The Balaban J connectivity index is 1.53. The van der Waals surface area contributed by atoms with E-state index in [1.807, 2.05) is 54.6 Å². The molecule has 3 aromatic carbocycles. The molecule has 0 radical (unpaired) electrons. The second kappa shape index (κ2) is 9.67. The van der Waals surface area contributed by atoms with Crippen LogP contribution in [0.2, 0.25) is 0 Å². The van der Waals surface area contributed by atoms with Gasteiger partial charge in [0, 0.05) is 12.1 Å². The lowest BCUT2D eigenvalue weighted by Gasteiger charge is -2.16. The number of hydrogen-bond acceptors (Lipinski definition) is 3. The molecule has 3 rings (SSSR count).